The van der Waals surface area contributed by atoms with Gasteiger partial charge in [0.05, 0.1) is 0 Å². The van der Waals surface area contributed by atoms with Crippen molar-refractivity contribution in [1.29, 1.82) is 0 Å². The Kier molecular flexibility index (Phi) is 5.94. The molecule has 1 unspecified atom stereocenters. The van der Waals surface area contributed by atoms with Crippen LogP contribution in [0.2, 0.25) is 0 Å². The summed E-state index contributed by atoms with van der Waals surface area (Å²) in [5.74, 6) is 3.45. The Balaban J connectivity index is 1.49. The predicted octanol–water partition coefficient (Wildman–Crippen LogP) is 7.85. The molecule has 5 aliphatic rings. The highest BCUT2D eigenvalue weighted by Gasteiger charge is 2.70. The van der Waals surface area contributed by atoms with Gasteiger partial charge in [0.1, 0.15) is 12.4 Å². The van der Waals surface area contributed by atoms with Gasteiger partial charge in [0.15, 0.2) is 0 Å². The number of hydrogen-bond donors (Lipinski definition) is 0. The Labute approximate surface area is 214 Å². The molecule has 3 nitrogen and oxygen atoms in total. The summed E-state index contributed by atoms with van der Waals surface area (Å²) >= 11 is 0. The zero-order valence-corrected chi connectivity index (χ0v) is 23.9. The third kappa shape index (κ3) is 3.34. The number of esters is 1. The maximum Gasteiger partial charge on any atom is 0.302 e. The molecule has 0 saturated heterocycles. The van der Waals surface area contributed by atoms with E-state index in [1.807, 2.05) is 0 Å². The third-order valence-electron chi connectivity index (χ3n) is 14.0. The standard InChI is InChI=1S/C32H52O3/c1-20(19-33)22-11-14-29(5)17-18-31(7)23(27(22)29)9-10-25-30(6)15-13-26(35-21(2)34)28(3,4)24(30)12-16-32(25,31)8/h19-20,22-27H,9-18H2,1-8H3/t20?,22-,23+,24-,25+,26-,27+,29+,30-,31+,32+/m0/s1. The van der Waals surface area contributed by atoms with Gasteiger partial charge >= 0.3 is 5.97 Å². The molecule has 198 valence electrons. The van der Waals surface area contributed by atoms with Crippen molar-refractivity contribution in [3.8, 4) is 0 Å². The lowest BCUT2D eigenvalue weighted by Crippen LogP contribution is -2.66. The van der Waals surface area contributed by atoms with Crippen LogP contribution in [0.5, 0.6) is 0 Å². The molecule has 0 radical (unpaired) electrons. The lowest BCUT2D eigenvalue weighted by atomic mass is 9.32. The minimum absolute atomic E-state index is 0.0266. The van der Waals surface area contributed by atoms with Gasteiger partial charge in [-0.15, -0.1) is 0 Å². The average molecular weight is 485 g/mol. The molecule has 0 aromatic carbocycles. The van der Waals surface area contributed by atoms with Crippen molar-refractivity contribution < 1.29 is 14.3 Å². The minimum Gasteiger partial charge on any atom is -0.462 e. The molecule has 5 rings (SSSR count). The first-order valence-corrected chi connectivity index (χ1v) is 14.9. The van der Waals surface area contributed by atoms with E-state index in [-0.39, 0.29) is 23.4 Å². The number of carbonyl (C=O) groups is 2. The SMILES string of the molecule is CC(=O)O[C@H]1CC[C@]2(C)[C@H]3CC[C@@H]4[C@H]5[C@H](C(C)C=O)CC[C@]5(C)CC[C@@]4(C)[C@]3(C)CC[C@H]2C1(C)C. The molecule has 0 aliphatic heterocycles. The molecule has 0 heterocycles. The van der Waals surface area contributed by atoms with Crippen LogP contribution in [0.1, 0.15) is 120 Å². The topological polar surface area (TPSA) is 43.4 Å². The highest BCUT2D eigenvalue weighted by molar-refractivity contribution is 5.66. The number of carbonyl (C=O) groups excluding carboxylic acids is 2. The van der Waals surface area contributed by atoms with Crippen LogP contribution < -0.4 is 0 Å². The van der Waals surface area contributed by atoms with Crippen LogP contribution in [-0.2, 0) is 14.3 Å². The average Bonchev–Trinajstić information content (AvgIpc) is 3.13. The summed E-state index contributed by atoms with van der Waals surface area (Å²) < 4.78 is 5.90. The summed E-state index contributed by atoms with van der Waals surface area (Å²) in [7, 11) is 0. The Hall–Kier alpha value is -0.860. The zero-order chi connectivity index (χ0) is 25.6. The first kappa shape index (κ1) is 25.8. The number of hydrogen-bond acceptors (Lipinski definition) is 3. The van der Waals surface area contributed by atoms with Gasteiger partial charge in [-0.1, -0.05) is 48.5 Å². The summed E-state index contributed by atoms with van der Waals surface area (Å²) in [5, 5.41) is 0. The lowest BCUT2D eigenvalue weighted by molar-refractivity contribution is -0.250. The molecule has 0 bridgehead atoms. The third-order valence-corrected chi connectivity index (χ3v) is 14.0. The van der Waals surface area contributed by atoms with E-state index in [2.05, 4.69) is 48.5 Å². The molecule has 3 heteroatoms. The Morgan fingerprint density at radius 1 is 0.829 bits per heavy atom. The van der Waals surface area contributed by atoms with Crippen LogP contribution in [0.25, 0.3) is 0 Å². The minimum atomic E-state index is -0.124. The second-order valence-corrected chi connectivity index (χ2v) is 15.5. The fourth-order valence-corrected chi connectivity index (χ4v) is 12.1. The maximum absolute atomic E-state index is 11.9. The summed E-state index contributed by atoms with van der Waals surface area (Å²) in [5.41, 5.74) is 1.48. The molecule has 5 saturated carbocycles. The van der Waals surface area contributed by atoms with Crippen molar-refractivity contribution in [2.75, 3.05) is 0 Å². The molecular formula is C32H52O3. The van der Waals surface area contributed by atoms with E-state index < -0.39 is 0 Å². The van der Waals surface area contributed by atoms with Crippen molar-refractivity contribution in [1.82, 2.24) is 0 Å². The largest absolute Gasteiger partial charge is 0.462 e. The molecule has 11 atom stereocenters. The predicted molar refractivity (Wildman–Crippen MR) is 141 cm³/mol. The van der Waals surface area contributed by atoms with Gasteiger partial charge in [0.25, 0.3) is 0 Å². The lowest BCUT2D eigenvalue weighted by Gasteiger charge is -2.73. The Morgan fingerprint density at radius 3 is 2.20 bits per heavy atom. The molecule has 5 aliphatic carbocycles. The van der Waals surface area contributed by atoms with Crippen molar-refractivity contribution >= 4 is 12.3 Å². The molecule has 35 heavy (non-hydrogen) atoms. The second kappa shape index (κ2) is 8.07. The summed E-state index contributed by atoms with van der Waals surface area (Å²) in [6.45, 7) is 19.1. The smallest absolute Gasteiger partial charge is 0.302 e. The Bertz CT molecular complexity index is 878. The molecule has 5 fully saturated rings. The van der Waals surface area contributed by atoms with Crippen molar-refractivity contribution in [2.24, 2.45) is 62.6 Å². The van der Waals surface area contributed by atoms with Crippen molar-refractivity contribution in [3.05, 3.63) is 0 Å². The van der Waals surface area contributed by atoms with E-state index in [0.717, 1.165) is 18.3 Å². The van der Waals surface area contributed by atoms with Crippen LogP contribution in [0.4, 0.5) is 0 Å². The van der Waals surface area contributed by atoms with Crippen molar-refractivity contribution in [3.63, 3.8) is 0 Å². The van der Waals surface area contributed by atoms with Crippen LogP contribution in [0.15, 0.2) is 0 Å². The fraction of sp³-hybridized carbons (Fsp3) is 0.938. The van der Waals surface area contributed by atoms with Crippen LogP contribution in [0, 0.1) is 62.6 Å². The van der Waals surface area contributed by atoms with Gasteiger partial charge in [-0.25, -0.2) is 0 Å². The number of fused-ring (bicyclic) bond motifs is 7. The van der Waals surface area contributed by atoms with E-state index in [4.69, 9.17) is 4.74 Å². The highest BCUT2D eigenvalue weighted by atomic mass is 16.5. The Morgan fingerprint density at radius 2 is 1.54 bits per heavy atom. The van der Waals surface area contributed by atoms with E-state index in [1.54, 1.807) is 6.92 Å². The molecule has 0 amide bonds. The van der Waals surface area contributed by atoms with Crippen LogP contribution in [0.3, 0.4) is 0 Å². The first-order chi connectivity index (χ1) is 16.2. The van der Waals surface area contributed by atoms with E-state index in [9.17, 15) is 9.59 Å². The molecule has 0 spiro atoms. The summed E-state index contributed by atoms with van der Waals surface area (Å²) in [6.07, 6.45) is 14.0. The van der Waals surface area contributed by atoms with E-state index >= 15 is 0 Å². The van der Waals surface area contributed by atoms with Gasteiger partial charge in [0, 0.05) is 18.3 Å². The fourth-order valence-electron chi connectivity index (χ4n) is 12.1. The number of ether oxygens (including phenoxy) is 1. The maximum atomic E-state index is 11.9. The number of rotatable bonds is 3. The van der Waals surface area contributed by atoms with Crippen LogP contribution >= 0.6 is 0 Å². The van der Waals surface area contributed by atoms with Gasteiger partial charge < -0.3 is 9.53 Å². The molecule has 0 N–H and O–H groups in total. The number of aldehydes is 1. The van der Waals surface area contributed by atoms with Gasteiger partial charge in [-0.05, 0) is 115 Å². The molecular weight excluding hydrogens is 432 g/mol. The highest BCUT2D eigenvalue weighted by Crippen LogP contribution is 2.77. The summed E-state index contributed by atoms with van der Waals surface area (Å²) in [6, 6.07) is 0. The van der Waals surface area contributed by atoms with Crippen LogP contribution in [-0.4, -0.2) is 18.4 Å². The van der Waals surface area contributed by atoms with Crippen molar-refractivity contribution in [2.45, 2.75) is 126 Å². The normalized spacial score (nSPS) is 53.4. The van der Waals surface area contributed by atoms with Gasteiger partial charge in [0.2, 0.25) is 0 Å². The monoisotopic (exact) mass is 484 g/mol. The first-order valence-electron chi connectivity index (χ1n) is 14.9. The molecule has 0 aromatic heterocycles. The van der Waals surface area contributed by atoms with Gasteiger partial charge in [-0.2, -0.15) is 0 Å². The quantitative estimate of drug-likeness (QED) is 0.302. The molecule has 0 aromatic rings. The summed E-state index contributed by atoms with van der Waals surface area (Å²) in [4.78, 5) is 23.8. The zero-order valence-electron chi connectivity index (χ0n) is 23.9. The van der Waals surface area contributed by atoms with E-state index in [0.29, 0.717) is 39.4 Å². The second-order valence-electron chi connectivity index (χ2n) is 15.5. The van der Waals surface area contributed by atoms with Gasteiger partial charge in [-0.3, -0.25) is 4.79 Å². The van der Waals surface area contributed by atoms with E-state index in [1.165, 1.54) is 64.1 Å².